The Labute approximate surface area is 181 Å². The summed E-state index contributed by atoms with van der Waals surface area (Å²) in [5.74, 6) is -2.10. The third-order valence-corrected chi connectivity index (χ3v) is 5.98. The molecule has 2 saturated heterocycles. The van der Waals surface area contributed by atoms with Crippen molar-refractivity contribution in [1.29, 1.82) is 0 Å². The number of nitrogens with two attached hydrogens (primary N) is 1. The Kier molecular flexibility index (Phi) is 5.19. The zero-order valence-corrected chi connectivity index (χ0v) is 18.2. The summed E-state index contributed by atoms with van der Waals surface area (Å²) in [5, 5.41) is 1.38. The fourth-order valence-corrected chi connectivity index (χ4v) is 4.36. The molecule has 2 aliphatic heterocycles. The number of amides is 3. The van der Waals surface area contributed by atoms with Crippen LogP contribution in [-0.2, 0) is 24.6 Å². The second kappa shape index (κ2) is 7.59. The van der Waals surface area contributed by atoms with Gasteiger partial charge in [-0.05, 0) is 35.1 Å². The highest BCUT2D eigenvalue weighted by Crippen LogP contribution is 2.46. The molecule has 0 saturated carbocycles. The molecule has 0 spiro atoms. The Bertz CT molecular complexity index is 1040. The first-order valence-corrected chi connectivity index (χ1v) is 10.3. The lowest BCUT2D eigenvalue weighted by Crippen LogP contribution is -2.40. The van der Waals surface area contributed by atoms with Gasteiger partial charge in [-0.2, -0.15) is 5.06 Å². The highest BCUT2D eigenvalue weighted by molar-refractivity contribution is 6.24. The van der Waals surface area contributed by atoms with E-state index in [1.807, 2.05) is 43.3 Å². The molecule has 0 aromatic heterocycles. The van der Waals surface area contributed by atoms with E-state index >= 15 is 0 Å². The van der Waals surface area contributed by atoms with Crippen molar-refractivity contribution < 1.29 is 19.2 Å². The maximum Gasteiger partial charge on any atom is 0.265 e. The Hall–Kier alpha value is -3.03. The maximum atomic E-state index is 13.5. The molecule has 7 heteroatoms. The minimum absolute atomic E-state index is 0.0269. The second-order valence-electron chi connectivity index (χ2n) is 9.21. The first-order valence-electron chi connectivity index (χ1n) is 10.3. The van der Waals surface area contributed by atoms with Gasteiger partial charge in [0, 0.05) is 0 Å². The van der Waals surface area contributed by atoms with Gasteiger partial charge in [0.05, 0.1) is 17.6 Å². The van der Waals surface area contributed by atoms with Crippen molar-refractivity contribution in [2.45, 2.75) is 45.3 Å². The number of benzene rings is 2. The third-order valence-electron chi connectivity index (χ3n) is 5.98. The van der Waals surface area contributed by atoms with Crippen LogP contribution in [0, 0.1) is 12.8 Å². The van der Waals surface area contributed by atoms with Gasteiger partial charge in [-0.3, -0.25) is 19.2 Å². The number of hydroxylamine groups is 2. The molecule has 2 aliphatic rings. The number of fused-ring (bicyclic) bond motifs is 1. The van der Waals surface area contributed by atoms with Crippen molar-refractivity contribution in [2.75, 3.05) is 11.4 Å². The van der Waals surface area contributed by atoms with Gasteiger partial charge in [0.1, 0.15) is 6.54 Å². The highest BCUT2D eigenvalue weighted by Gasteiger charge is 2.60. The molecule has 0 bridgehead atoms. The number of hydrogen-bond acceptors (Lipinski definition) is 5. The lowest BCUT2D eigenvalue weighted by Gasteiger charge is -2.27. The molecular formula is C24H27N3O4. The fraction of sp³-hybridized carbons (Fsp3) is 0.375. The topological polar surface area (TPSA) is 92.9 Å². The minimum atomic E-state index is -0.987. The van der Waals surface area contributed by atoms with Crippen LogP contribution in [-0.4, -0.2) is 35.4 Å². The Morgan fingerprint density at radius 3 is 2.26 bits per heavy atom. The van der Waals surface area contributed by atoms with Crippen LogP contribution in [0.5, 0.6) is 0 Å². The lowest BCUT2D eigenvalue weighted by atomic mass is 9.84. The normalized spacial score (nSPS) is 24.0. The van der Waals surface area contributed by atoms with Gasteiger partial charge in [0.2, 0.25) is 11.8 Å². The number of anilines is 1. The molecule has 7 nitrogen and oxygen atoms in total. The molecule has 2 aromatic carbocycles. The first-order chi connectivity index (χ1) is 14.6. The van der Waals surface area contributed by atoms with Crippen LogP contribution in [0.4, 0.5) is 5.69 Å². The van der Waals surface area contributed by atoms with Gasteiger partial charge >= 0.3 is 0 Å². The van der Waals surface area contributed by atoms with Crippen LogP contribution in [0.3, 0.4) is 0 Å². The van der Waals surface area contributed by atoms with Crippen LogP contribution < -0.4 is 10.6 Å². The number of para-hydroxylation sites is 1. The van der Waals surface area contributed by atoms with Gasteiger partial charge in [0.25, 0.3) is 5.91 Å². The van der Waals surface area contributed by atoms with Crippen molar-refractivity contribution in [3.8, 4) is 0 Å². The number of carbonyl (C=O) groups is 3. The predicted octanol–water partition coefficient (Wildman–Crippen LogP) is 2.62. The van der Waals surface area contributed by atoms with E-state index in [0.29, 0.717) is 5.69 Å². The summed E-state index contributed by atoms with van der Waals surface area (Å²) in [6, 6.07) is 14.5. The molecule has 31 heavy (non-hydrogen) atoms. The maximum absolute atomic E-state index is 13.5. The predicted molar refractivity (Wildman–Crippen MR) is 116 cm³/mol. The van der Waals surface area contributed by atoms with Crippen LogP contribution in [0.1, 0.15) is 43.5 Å². The summed E-state index contributed by atoms with van der Waals surface area (Å²) in [5.41, 5.74) is 8.70. The number of hydrogen-bond donors (Lipinski definition) is 1. The molecule has 4 rings (SSSR count). The third kappa shape index (κ3) is 3.64. The van der Waals surface area contributed by atoms with Gasteiger partial charge < -0.3 is 5.73 Å². The monoisotopic (exact) mass is 421 g/mol. The molecule has 3 atom stereocenters. The number of imide groups is 1. The zero-order chi connectivity index (χ0) is 22.5. The standard InChI is InChI=1S/C24H27N3O4/c1-14-7-5-6-8-17(14)27-22(29)19-20(15-9-11-16(12-10-15)24(2,3)4)26(13-18(25)28)31-21(19)23(27)30/h5-12,19-21H,13H2,1-4H3,(H2,25,28). The molecule has 2 N–H and O–H groups in total. The Morgan fingerprint density at radius 2 is 1.68 bits per heavy atom. The Balaban J connectivity index is 1.74. The summed E-state index contributed by atoms with van der Waals surface area (Å²) in [6.07, 6.45) is -0.987. The van der Waals surface area contributed by atoms with E-state index in [4.69, 9.17) is 10.6 Å². The molecular weight excluding hydrogens is 394 g/mol. The summed E-state index contributed by atoms with van der Waals surface area (Å²) >= 11 is 0. The fourth-order valence-electron chi connectivity index (χ4n) is 4.36. The summed E-state index contributed by atoms with van der Waals surface area (Å²) in [7, 11) is 0. The van der Waals surface area contributed by atoms with E-state index in [1.165, 1.54) is 9.96 Å². The van der Waals surface area contributed by atoms with Crippen molar-refractivity contribution in [3.05, 3.63) is 65.2 Å². The van der Waals surface area contributed by atoms with Crippen LogP contribution in [0.25, 0.3) is 0 Å². The number of aryl methyl sites for hydroxylation is 1. The van der Waals surface area contributed by atoms with Gasteiger partial charge in [-0.1, -0.05) is 63.2 Å². The molecule has 162 valence electrons. The van der Waals surface area contributed by atoms with Gasteiger partial charge in [0.15, 0.2) is 6.10 Å². The number of rotatable bonds is 4. The van der Waals surface area contributed by atoms with Crippen LogP contribution >= 0.6 is 0 Å². The average molecular weight is 421 g/mol. The first kappa shape index (κ1) is 21.2. The quantitative estimate of drug-likeness (QED) is 0.766. The summed E-state index contributed by atoms with van der Waals surface area (Å²) < 4.78 is 0. The SMILES string of the molecule is Cc1ccccc1N1C(=O)C2ON(CC(N)=O)C(c3ccc(C(C)(C)C)cc3)C2C1=O. The summed E-state index contributed by atoms with van der Waals surface area (Å²) in [6.45, 7) is 8.01. The van der Waals surface area contributed by atoms with E-state index in [9.17, 15) is 14.4 Å². The number of primary amides is 1. The largest absolute Gasteiger partial charge is 0.368 e. The van der Waals surface area contributed by atoms with Crippen molar-refractivity contribution >= 4 is 23.4 Å². The van der Waals surface area contributed by atoms with Gasteiger partial charge in [-0.15, -0.1) is 0 Å². The van der Waals surface area contributed by atoms with E-state index in [2.05, 4.69) is 20.8 Å². The van der Waals surface area contributed by atoms with E-state index in [0.717, 1.165) is 16.7 Å². The van der Waals surface area contributed by atoms with E-state index < -0.39 is 29.9 Å². The average Bonchev–Trinajstić information content (AvgIpc) is 3.17. The molecule has 0 aliphatic carbocycles. The molecule has 0 radical (unpaired) electrons. The van der Waals surface area contributed by atoms with Crippen molar-refractivity contribution in [2.24, 2.45) is 11.7 Å². The van der Waals surface area contributed by atoms with Crippen molar-refractivity contribution in [3.63, 3.8) is 0 Å². The van der Waals surface area contributed by atoms with Gasteiger partial charge in [-0.25, -0.2) is 4.90 Å². The molecule has 3 amide bonds. The highest BCUT2D eigenvalue weighted by atomic mass is 16.7. The molecule has 2 fully saturated rings. The lowest BCUT2D eigenvalue weighted by molar-refractivity contribution is -0.175. The van der Waals surface area contributed by atoms with E-state index in [-0.39, 0.29) is 17.9 Å². The number of nitrogens with zero attached hydrogens (tertiary/aromatic N) is 2. The van der Waals surface area contributed by atoms with Crippen molar-refractivity contribution in [1.82, 2.24) is 5.06 Å². The molecule has 2 heterocycles. The Morgan fingerprint density at radius 1 is 1.03 bits per heavy atom. The van der Waals surface area contributed by atoms with Crippen LogP contribution in [0.15, 0.2) is 48.5 Å². The smallest absolute Gasteiger partial charge is 0.265 e. The zero-order valence-electron chi connectivity index (χ0n) is 18.2. The summed E-state index contributed by atoms with van der Waals surface area (Å²) in [4.78, 5) is 45.4. The minimum Gasteiger partial charge on any atom is -0.368 e. The number of carbonyl (C=O) groups excluding carboxylic acids is 3. The second-order valence-corrected chi connectivity index (χ2v) is 9.21. The molecule has 2 aromatic rings. The molecule has 3 unspecified atom stereocenters. The van der Waals surface area contributed by atoms with E-state index in [1.54, 1.807) is 12.1 Å². The van der Waals surface area contributed by atoms with Crippen LogP contribution in [0.2, 0.25) is 0 Å².